The number of aromatic nitrogens is 2. The largest absolute Gasteiger partial charge is 0.394 e. The molecular weight excluding hydrogens is 318 g/mol. The van der Waals surface area contributed by atoms with Gasteiger partial charge in [-0.2, -0.15) is 4.98 Å². The number of aliphatic hydroxyl groups is 2. The van der Waals surface area contributed by atoms with Crippen molar-refractivity contribution < 1.29 is 24.3 Å². The van der Waals surface area contributed by atoms with Gasteiger partial charge in [-0.25, -0.2) is 4.79 Å². The van der Waals surface area contributed by atoms with E-state index in [9.17, 15) is 19.8 Å². The Balaban J connectivity index is 2.52. The lowest BCUT2D eigenvalue weighted by atomic mass is 10.2. The third-order valence-corrected chi connectivity index (χ3v) is 3.27. The molecule has 136 valence electrons. The molecule has 0 aromatic carbocycles. The fourth-order valence-electron chi connectivity index (χ4n) is 1.70. The quantitative estimate of drug-likeness (QED) is 0.409. The molecule has 3 amide bonds. The van der Waals surface area contributed by atoms with Crippen molar-refractivity contribution in [1.82, 2.24) is 26.1 Å². The van der Waals surface area contributed by atoms with Crippen LogP contribution < -0.4 is 16.0 Å². The maximum absolute atomic E-state index is 11.6. The molecule has 1 aromatic rings. The summed E-state index contributed by atoms with van der Waals surface area (Å²) in [6.45, 7) is 4.72. The number of urea groups is 1. The van der Waals surface area contributed by atoms with Crippen LogP contribution in [-0.4, -0.2) is 51.0 Å². The van der Waals surface area contributed by atoms with Gasteiger partial charge in [-0.3, -0.25) is 4.79 Å². The van der Waals surface area contributed by atoms with Gasteiger partial charge in [0.05, 0.1) is 25.3 Å². The third-order valence-electron chi connectivity index (χ3n) is 3.27. The lowest BCUT2D eigenvalue weighted by molar-refractivity contribution is -0.122. The highest BCUT2D eigenvalue weighted by Gasteiger charge is 2.20. The molecular formula is C14H25N5O5. The van der Waals surface area contributed by atoms with Gasteiger partial charge in [0.25, 0.3) is 0 Å². The van der Waals surface area contributed by atoms with Crippen LogP contribution in [0.3, 0.4) is 0 Å². The summed E-state index contributed by atoms with van der Waals surface area (Å²) >= 11 is 0. The standard InChI is InChI=1S/C14H25N5O5/c1-4-5-11(22)17-10(7-20)13-18-12(24-19-13)6-15-14(23)16-8(2)9(3)21/h8-10,20-21H,4-7H2,1-3H3,(H,17,22)(H2,15,16,23). The summed E-state index contributed by atoms with van der Waals surface area (Å²) in [4.78, 5) is 27.2. The van der Waals surface area contributed by atoms with Gasteiger partial charge in [-0.05, 0) is 20.3 Å². The SMILES string of the molecule is CCCC(=O)NC(CO)c1noc(CNC(=O)NC(C)C(C)O)n1. The van der Waals surface area contributed by atoms with E-state index in [4.69, 9.17) is 4.52 Å². The smallest absolute Gasteiger partial charge is 0.315 e. The van der Waals surface area contributed by atoms with Gasteiger partial charge in [-0.15, -0.1) is 0 Å². The predicted molar refractivity (Wildman–Crippen MR) is 83.7 cm³/mol. The number of nitrogens with one attached hydrogen (secondary N) is 3. The third kappa shape index (κ3) is 6.50. The maximum Gasteiger partial charge on any atom is 0.315 e. The first-order valence-electron chi connectivity index (χ1n) is 7.82. The Morgan fingerprint density at radius 3 is 2.58 bits per heavy atom. The molecule has 5 N–H and O–H groups in total. The molecule has 10 heteroatoms. The fourth-order valence-corrected chi connectivity index (χ4v) is 1.70. The van der Waals surface area contributed by atoms with Gasteiger partial charge in [0.1, 0.15) is 6.04 Å². The van der Waals surface area contributed by atoms with E-state index >= 15 is 0 Å². The zero-order valence-electron chi connectivity index (χ0n) is 14.1. The molecule has 0 saturated carbocycles. The van der Waals surface area contributed by atoms with Crippen LogP contribution >= 0.6 is 0 Å². The first-order valence-corrected chi connectivity index (χ1v) is 7.82. The number of carbonyl (C=O) groups is 2. The first-order chi connectivity index (χ1) is 11.4. The van der Waals surface area contributed by atoms with E-state index < -0.39 is 24.2 Å². The van der Waals surface area contributed by atoms with Gasteiger partial charge in [-0.1, -0.05) is 12.1 Å². The Bertz CT molecular complexity index is 533. The molecule has 0 aliphatic carbocycles. The molecule has 1 heterocycles. The van der Waals surface area contributed by atoms with Crippen LogP contribution in [0.5, 0.6) is 0 Å². The van der Waals surface area contributed by atoms with Gasteiger partial charge in [0.2, 0.25) is 11.8 Å². The highest BCUT2D eigenvalue weighted by molar-refractivity contribution is 5.76. The topological polar surface area (TPSA) is 150 Å². The molecule has 3 atom stereocenters. The minimum absolute atomic E-state index is 0.0214. The average Bonchev–Trinajstić information content (AvgIpc) is 2.99. The fraction of sp³-hybridized carbons (Fsp3) is 0.714. The zero-order chi connectivity index (χ0) is 18.1. The van der Waals surface area contributed by atoms with Crippen molar-refractivity contribution in [1.29, 1.82) is 0 Å². The molecule has 0 radical (unpaired) electrons. The summed E-state index contributed by atoms with van der Waals surface area (Å²) in [5.41, 5.74) is 0. The van der Waals surface area contributed by atoms with Gasteiger partial charge in [0, 0.05) is 6.42 Å². The molecule has 0 spiro atoms. The van der Waals surface area contributed by atoms with Gasteiger partial charge >= 0.3 is 6.03 Å². The summed E-state index contributed by atoms with van der Waals surface area (Å²) in [6.07, 6.45) is 0.346. The summed E-state index contributed by atoms with van der Waals surface area (Å²) in [5, 5.41) is 30.0. The molecule has 1 aromatic heterocycles. The second-order valence-corrected chi connectivity index (χ2v) is 5.46. The molecule has 0 saturated heterocycles. The summed E-state index contributed by atoms with van der Waals surface area (Å²) < 4.78 is 4.98. The minimum atomic E-state index is -0.759. The number of hydrogen-bond donors (Lipinski definition) is 5. The van der Waals surface area contributed by atoms with Crippen LogP contribution in [0.2, 0.25) is 0 Å². The maximum atomic E-state index is 11.6. The molecule has 24 heavy (non-hydrogen) atoms. The van der Waals surface area contributed by atoms with E-state index in [1.54, 1.807) is 13.8 Å². The molecule has 3 unspecified atom stereocenters. The first kappa shape index (κ1) is 19.8. The van der Waals surface area contributed by atoms with E-state index in [-0.39, 0.29) is 30.8 Å². The van der Waals surface area contributed by atoms with Crippen LogP contribution in [0.15, 0.2) is 4.52 Å². The normalized spacial score (nSPS) is 14.5. The number of hydrogen-bond acceptors (Lipinski definition) is 7. The van der Waals surface area contributed by atoms with E-state index in [1.165, 1.54) is 0 Å². The van der Waals surface area contributed by atoms with Crippen molar-refractivity contribution in [2.75, 3.05) is 6.61 Å². The van der Waals surface area contributed by atoms with Crippen LogP contribution in [0.25, 0.3) is 0 Å². The van der Waals surface area contributed by atoms with E-state index in [0.29, 0.717) is 12.8 Å². The number of carbonyl (C=O) groups excluding carboxylic acids is 2. The lowest BCUT2D eigenvalue weighted by Gasteiger charge is -2.16. The van der Waals surface area contributed by atoms with Crippen LogP contribution in [0, 0.1) is 0 Å². The summed E-state index contributed by atoms with van der Waals surface area (Å²) in [5.74, 6) is 0.0528. The molecule has 0 bridgehead atoms. The van der Waals surface area contributed by atoms with Crippen molar-refractivity contribution in [2.24, 2.45) is 0 Å². The van der Waals surface area contributed by atoms with Crippen molar-refractivity contribution in [3.8, 4) is 0 Å². The Morgan fingerprint density at radius 1 is 1.29 bits per heavy atom. The lowest BCUT2D eigenvalue weighted by Crippen LogP contribution is -2.45. The second-order valence-electron chi connectivity index (χ2n) is 5.46. The van der Waals surface area contributed by atoms with Crippen molar-refractivity contribution in [3.05, 3.63) is 11.7 Å². The average molecular weight is 343 g/mol. The van der Waals surface area contributed by atoms with Gasteiger partial charge in [0.15, 0.2) is 5.82 Å². The zero-order valence-corrected chi connectivity index (χ0v) is 14.1. The predicted octanol–water partition coefficient (Wildman–Crippen LogP) is -0.412. The highest BCUT2D eigenvalue weighted by Crippen LogP contribution is 2.09. The van der Waals surface area contributed by atoms with Crippen molar-refractivity contribution in [3.63, 3.8) is 0 Å². The summed E-state index contributed by atoms with van der Waals surface area (Å²) in [7, 11) is 0. The Morgan fingerprint density at radius 2 is 2.00 bits per heavy atom. The van der Waals surface area contributed by atoms with E-state index in [0.717, 1.165) is 0 Å². The molecule has 1 rings (SSSR count). The van der Waals surface area contributed by atoms with E-state index in [2.05, 4.69) is 26.1 Å². The molecule has 0 aliphatic rings. The number of aliphatic hydroxyl groups excluding tert-OH is 2. The van der Waals surface area contributed by atoms with Crippen LogP contribution in [0.1, 0.15) is 51.4 Å². The van der Waals surface area contributed by atoms with Crippen molar-refractivity contribution in [2.45, 2.75) is 58.3 Å². The van der Waals surface area contributed by atoms with Crippen LogP contribution in [-0.2, 0) is 11.3 Å². The minimum Gasteiger partial charge on any atom is -0.394 e. The Kier molecular flexibility index (Phi) is 8.13. The summed E-state index contributed by atoms with van der Waals surface area (Å²) in [6, 6.07) is -1.65. The number of amides is 3. The Labute approximate surface area is 140 Å². The highest BCUT2D eigenvalue weighted by atomic mass is 16.5. The monoisotopic (exact) mass is 343 g/mol. The van der Waals surface area contributed by atoms with Crippen molar-refractivity contribution >= 4 is 11.9 Å². The molecule has 0 aliphatic heterocycles. The van der Waals surface area contributed by atoms with Crippen LogP contribution in [0.4, 0.5) is 4.79 Å². The molecule has 10 nitrogen and oxygen atoms in total. The number of rotatable bonds is 9. The number of nitrogens with zero attached hydrogens (tertiary/aromatic N) is 2. The second kappa shape index (κ2) is 9.83. The Hall–Kier alpha value is -2.20. The van der Waals surface area contributed by atoms with E-state index in [1.807, 2.05) is 6.92 Å². The molecule has 0 fully saturated rings. The van der Waals surface area contributed by atoms with Gasteiger partial charge < -0.3 is 30.7 Å².